The number of carbonyl (C=O) groups is 1. The van der Waals surface area contributed by atoms with Gasteiger partial charge in [-0.2, -0.15) is 0 Å². The highest BCUT2D eigenvalue weighted by molar-refractivity contribution is 5.76. The Kier molecular flexibility index (Phi) is 4.34. The molecule has 1 atom stereocenters. The van der Waals surface area contributed by atoms with Gasteiger partial charge in [-0.15, -0.1) is 0 Å². The molecular weight excluding hydrogens is 245 g/mol. The van der Waals surface area contributed by atoms with Gasteiger partial charge in [-0.05, 0) is 36.8 Å². The van der Waals surface area contributed by atoms with Crippen molar-refractivity contribution in [2.45, 2.75) is 25.8 Å². The van der Waals surface area contributed by atoms with E-state index < -0.39 is 0 Å². The molecule has 1 N–H and O–H groups in total. The van der Waals surface area contributed by atoms with Crippen LogP contribution in [0.5, 0.6) is 0 Å². The number of rotatable bonds is 5. The zero-order valence-electron chi connectivity index (χ0n) is 10.7. The number of aryl methyl sites for hydroxylation is 1. The standard InChI is InChI=1S/C15H16FNO2/c1-11(12-4-2-5-13(16)10-12)17-15(18)8-7-14-6-3-9-19-14/h2-6,9-11H,7-8H2,1H3,(H,17,18)/t11-/m0/s1. The van der Waals surface area contributed by atoms with E-state index in [2.05, 4.69) is 5.32 Å². The molecule has 0 bridgehead atoms. The highest BCUT2D eigenvalue weighted by atomic mass is 19.1. The van der Waals surface area contributed by atoms with Crippen molar-refractivity contribution in [3.05, 3.63) is 59.8 Å². The van der Waals surface area contributed by atoms with Gasteiger partial charge in [0.2, 0.25) is 5.91 Å². The second-order valence-corrected chi connectivity index (χ2v) is 4.42. The fourth-order valence-electron chi connectivity index (χ4n) is 1.86. The van der Waals surface area contributed by atoms with E-state index in [0.29, 0.717) is 12.8 Å². The smallest absolute Gasteiger partial charge is 0.220 e. The van der Waals surface area contributed by atoms with Gasteiger partial charge in [0.05, 0.1) is 12.3 Å². The van der Waals surface area contributed by atoms with E-state index in [-0.39, 0.29) is 17.8 Å². The summed E-state index contributed by atoms with van der Waals surface area (Å²) in [4.78, 5) is 11.8. The third-order valence-corrected chi connectivity index (χ3v) is 2.90. The molecule has 3 nitrogen and oxygen atoms in total. The summed E-state index contributed by atoms with van der Waals surface area (Å²) in [6, 6.07) is 9.66. The molecule has 0 unspecified atom stereocenters. The molecular formula is C15H16FNO2. The SMILES string of the molecule is C[C@H](NC(=O)CCc1ccco1)c1cccc(F)c1. The summed E-state index contributed by atoms with van der Waals surface area (Å²) in [7, 11) is 0. The summed E-state index contributed by atoms with van der Waals surface area (Å²) in [5.74, 6) is 0.413. The zero-order chi connectivity index (χ0) is 13.7. The van der Waals surface area contributed by atoms with Crippen molar-refractivity contribution in [3.63, 3.8) is 0 Å². The molecule has 1 aromatic carbocycles. The van der Waals surface area contributed by atoms with Crippen molar-refractivity contribution < 1.29 is 13.6 Å². The van der Waals surface area contributed by atoms with E-state index in [1.165, 1.54) is 12.1 Å². The van der Waals surface area contributed by atoms with E-state index in [4.69, 9.17) is 4.42 Å². The number of carbonyl (C=O) groups excluding carboxylic acids is 1. The first-order valence-electron chi connectivity index (χ1n) is 6.22. The normalized spacial score (nSPS) is 12.1. The molecule has 1 amide bonds. The lowest BCUT2D eigenvalue weighted by Crippen LogP contribution is -2.26. The van der Waals surface area contributed by atoms with Gasteiger partial charge in [-0.3, -0.25) is 4.79 Å². The van der Waals surface area contributed by atoms with Crippen LogP contribution in [0, 0.1) is 5.82 Å². The van der Waals surface area contributed by atoms with Gasteiger partial charge in [0.15, 0.2) is 0 Å². The Hall–Kier alpha value is -2.10. The lowest BCUT2D eigenvalue weighted by Gasteiger charge is -2.14. The van der Waals surface area contributed by atoms with Crippen LogP contribution in [0.25, 0.3) is 0 Å². The summed E-state index contributed by atoms with van der Waals surface area (Å²) >= 11 is 0. The minimum absolute atomic E-state index is 0.0758. The average Bonchev–Trinajstić information content (AvgIpc) is 2.89. The summed E-state index contributed by atoms with van der Waals surface area (Å²) in [5, 5.41) is 2.84. The Labute approximate surface area is 111 Å². The van der Waals surface area contributed by atoms with E-state index in [9.17, 15) is 9.18 Å². The third kappa shape index (κ3) is 3.95. The fraction of sp³-hybridized carbons (Fsp3) is 0.267. The Morgan fingerprint density at radius 3 is 2.89 bits per heavy atom. The molecule has 2 rings (SSSR count). The molecule has 0 radical (unpaired) electrons. The molecule has 100 valence electrons. The summed E-state index contributed by atoms with van der Waals surface area (Å²) in [6.45, 7) is 1.83. The monoisotopic (exact) mass is 261 g/mol. The van der Waals surface area contributed by atoms with Crippen molar-refractivity contribution in [2.75, 3.05) is 0 Å². The fourth-order valence-corrected chi connectivity index (χ4v) is 1.86. The van der Waals surface area contributed by atoms with Crippen LogP contribution in [0.15, 0.2) is 47.1 Å². The minimum atomic E-state index is -0.297. The molecule has 4 heteroatoms. The van der Waals surface area contributed by atoms with Gasteiger partial charge in [-0.25, -0.2) is 4.39 Å². The van der Waals surface area contributed by atoms with E-state index >= 15 is 0 Å². The molecule has 0 fully saturated rings. The maximum Gasteiger partial charge on any atom is 0.220 e. The van der Waals surface area contributed by atoms with Gasteiger partial charge in [0.1, 0.15) is 11.6 Å². The van der Waals surface area contributed by atoms with Crippen LogP contribution in [0.1, 0.15) is 30.7 Å². The number of benzene rings is 1. The Balaban J connectivity index is 1.84. The number of amides is 1. The van der Waals surface area contributed by atoms with Crippen LogP contribution < -0.4 is 5.32 Å². The van der Waals surface area contributed by atoms with Crippen molar-refractivity contribution in [1.29, 1.82) is 0 Å². The number of furan rings is 1. The number of nitrogens with one attached hydrogen (secondary N) is 1. The van der Waals surface area contributed by atoms with E-state index in [1.54, 1.807) is 24.5 Å². The van der Waals surface area contributed by atoms with Gasteiger partial charge in [0, 0.05) is 12.8 Å². The largest absolute Gasteiger partial charge is 0.469 e. The van der Waals surface area contributed by atoms with Crippen LogP contribution >= 0.6 is 0 Å². The summed E-state index contributed by atoms with van der Waals surface area (Å²) < 4.78 is 18.2. The highest BCUT2D eigenvalue weighted by Gasteiger charge is 2.10. The quantitative estimate of drug-likeness (QED) is 0.897. The van der Waals surface area contributed by atoms with Gasteiger partial charge >= 0.3 is 0 Å². The first-order chi connectivity index (χ1) is 9.15. The molecule has 1 aromatic heterocycles. The first-order valence-corrected chi connectivity index (χ1v) is 6.22. The van der Waals surface area contributed by atoms with Crippen LogP contribution in [-0.2, 0) is 11.2 Å². The molecule has 0 aliphatic heterocycles. The molecule has 0 saturated carbocycles. The van der Waals surface area contributed by atoms with Crippen molar-refractivity contribution in [2.24, 2.45) is 0 Å². The van der Waals surface area contributed by atoms with Gasteiger partial charge in [0.25, 0.3) is 0 Å². The topological polar surface area (TPSA) is 42.2 Å². The zero-order valence-corrected chi connectivity index (χ0v) is 10.7. The van der Waals surface area contributed by atoms with Crippen molar-refractivity contribution in [1.82, 2.24) is 5.32 Å². The van der Waals surface area contributed by atoms with Crippen LogP contribution in [-0.4, -0.2) is 5.91 Å². The Morgan fingerprint density at radius 1 is 1.37 bits per heavy atom. The number of hydrogen-bond donors (Lipinski definition) is 1. The maximum absolute atomic E-state index is 13.1. The molecule has 0 spiro atoms. The second kappa shape index (κ2) is 6.18. The summed E-state index contributed by atoms with van der Waals surface area (Å²) in [5.41, 5.74) is 0.756. The molecule has 0 saturated heterocycles. The lowest BCUT2D eigenvalue weighted by atomic mass is 10.1. The van der Waals surface area contributed by atoms with E-state index in [0.717, 1.165) is 11.3 Å². The van der Waals surface area contributed by atoms with Crippen molar-refractivity contribution in [3.8, 4) is 0 Å². The maximum atomic E-state index is 13.1. The van der Waals surface area contributed by atoms with Crippen LogP contribution in [0.3, 0.4) is 0 Å². The van der Waals surface area contributed by atoms with Crippen molar-refractivity contribution >= 4 is 5.91 Å². The molecule has 2 aromatic rings. The Bertz CT molecular complexity index is 537. The average molecular weight is 261 g/mol. The van der Waals surface area contributed by atoms with E-state index in [1.807, 2.05) is 13.0 Å². The lowest BCUT2D eigenvalue weighted by molar-refractivity contribution is -0.121. The molecule has 0 aliphatic carbocycles. The van der Waals surface area contributed by atoms with Gasteiger partial charge < -0.3 is 9.73 Å². The number of halogens is 1. The Morgan fingerprint density at radius 2 is 2.21 bits per heavy atom. The third-order valence-electron chi connectivity index (χ3n) is 2.90. The predicted octanol–water partition coefficient (Wildman–Crippen LogP) is 3.23. The highest BCUT2D eigenvalue weighted by Crippen LogP contribution is 2.13. The molecule has 1 heterocycles. The van der Waals surface area contributed by atoms with Crippen LogP contribution in [0.4, 0.5) is 4.39 Å². The summed E-state index contributed by atoms with van der Waals surface area (Å²) in [6.07, 6.45) is 2.50. The molecule has 19 heavy (non-hydrogen) atoms. The first kappa shape index (κ1) is 13.3. The van der Waals surface area contributed by atoms with Crippen LogP contribution in [0.2, 0.25) is 0 Å². The minimum Gasteiger partial charge on any atom is -0.469 e. The second-order valence-electron chi connectivity index (χ2n) is 4.42. The van der Waals surface area contributed by atoms with Gasteiger partial charge in [-0.1, -0.05) is 12.1 Å². The predicted molar refractivity (Wildman–Crippen MR) is 70.0 cm³/mol. The molecule has 0 aliphatic rings. The number of hydrogen-bond acceptors (Lipinski definition) is 2.